The van der Waals surface area contributed by atoms with Crippen LogP contribution in [0, 0.1) is 11.6 Å². The highest BCUT2D eigenvalue weighted by Crippen LogP contribution is 2.54. The molecule has 0 amide bonds. The van der Waals surface area contributed by atoms with E-state index in [0.29, 0.717) is 24.1 Å². The van der Waals surface area contributed by atoms with E-state index in [1.807, 2.05) is 18.2 Å². The molecule has 1 N–H and O–H groups in total. The molecule has 0 radical (unpaired) electrons. The molecular formula is C24H25F2N3. The lowest BCUT2D eigenvalue weighted by atomic mass is 9.93. The van der Waals surface area contributed by atoms with Gasteiger partial charge >= 0.3 is 0 Å². The Bertz CT molecular complexity index is 1060. The van der Waals surface area contributed by atoms with Gasteiger partial charge in [0.25, 0.3) is 0 Å². The average Bonchev–Trinajstić information content (AvgIpc) is 3.40. The van der Waals surface area contributed by atoms with Crippen LogP contribution in [0.4, 0.5) is 8.78 Å². The molecule has 1 saturated carbocycles. The van der Waals surface area contributed by atoms with Crippen LogP contribution in [0.3, 0.4) is 0 Å². The van der Waals surface area contributed by atoms with Gasteiger partial charge in [-0.05, 0) is 56.7 Å². The first-order valence-electron chi connectivity index (χ1n) is 10.3. The molecule has 2 aliphatic rings. The number of halogens is 2. The molecular weight excluding hydrogens is 368 g/mol. The maximum Gasteiger partial charge on any atom is 0.151 e. The average molecular weight is 393 g/mol. The summed E-state index contributed by atoms with van der Waals surface area (Å²) in [7, 11) is 0. The molecule has 0 spiro atoms. The minimum absolute atomic E-state index is 0.212. The fourth-order valence-corrected chi connectivity index (χ4v) is 5.05. The molecule has 2 atom stereocenters. The first-order chi connectivity index (χ1) is 13.9. The summed E-state index contributed by atoms with van der Waals surface area (Å²) in [5.74, 6) is -0.211. The van der Waals surface area contributed by atoms with Crippen LogP contribution in [0.2, 0.25) is 0 Å². The zero-order valence-electron chi connectivity index (χ0n) is 16.8. The van der Waals surface area contributed by atoms with E-state index in [1.165, 1.54) is 29.7 Å². The first kappa shape index (κ1) is 18.5. The minimum atomic E-state index is -0.567. The maximum atomic E-state index is 14.5. The van der Waals surface area contributed by atoms with E-state index in [1.54, 1.807) is 4.68 Å². The monoisotopic (exact) mass is 393 g/mol. The Morgan fingerprint density at radius 2 is 1.83 bits per heavy atom. The summed E-state index contributed by atoms with van der Waals surface area (Å²) in [5.41, 5.74) is 4.73. The van der Waals surface area contributed by atoms with Crippen LogP contribution in [-0.2, 0) is 12.1 Å². The Labute approximate surface area is 169 Å². The van der Waals surface area contributed by atoms with Gasteiger partial charge in [-0.1, -0.05) is 30.3 Å². The number of nitrogens with zero attached hydrogens (tertiary/aromatic N) is 2. The molecule has 29 heavy (non-hydrogen) atoms. The SMILES string of the molecule is CC(C)(NCc1nn(-c2ccc(F)cc2F)c2c1C1CCC2C1)c1ccccc1. The molecule has 0 saturated heterocycles. The van der Waals surface area contributed by atoms with Crippen molar-refractivity contribution in [3.63, 3.8) is 0 Å². The van der Waals surface area contributed by atoms with Gasteiger partial charge in [0.15, 0.2) is 5.82 Å². The van der Waals surface area contributed by atoms with Gasteiger partial charge in [0.1, 0.15) is 11.5 Å². The topological polar surface area (TPSA) is 29.9 Å². The highest BCUT2D eigenvalue weighted by Gasteiger charge is 2.43. The molecule has 0 aliphatic heterocycles. The molecule has 1 aromatic heterocycles. The normalized spacial score (nSPS) is 20.3. The van der Waals surface area contributed by atoms with Crippen molar-refractivity contribution in [2.45, 2.75) is 57.0 Å². The second kappa shape index (κ2) is 6.77. The Morgan fingerprint density at radius 1 is 1.07 bits per heavy atom. The fourth-order valence-electron chi connectivity index (χ4n) is 5.05. The second-order valence-electron chi connectivity index (χ2n) is 8.80. The standard InChI is InChI=1S/C24H25F2N3/c1-24(2,17-6-4-3-5-7-17)27-14-20-22-15-8-9-16(12-15)23(22)29(28-20)21-11-10-18(25)13-19(21)26/h3-7,10-11,13,15-16,27H,8-9,12,14H2,1-2H3. The number of fused-ring (bicyclic) bond motifs is 5. The summed E-state index contributed by atoms with van der Waals surface area (Å²) in [4.78, 5) is 0. The predicted octanol–water partition coefficient (Wildman–Crippen LogP) is 5.54. The highest BCUT2D eigenvalue weighted by molar-refractivity contribution is 5.46. The van der Waals surface area contributed by atoms with Crippen LogP contribution < -0.4 is 5.32 Å². The van der Waals surface area contributed by atoms with Gasteiger partial charge in [0, 0.05) is 29.6 Å². The van der Waals surface area contributed by atoms with Crippen molar-refractivity contribution < 1.29 is 8.78 Å². The summed E-state index contributed by atoms with van der Waals surface area (Å²) < 4.78 is 29.7. The number of benzene rings is 2. The molecule has 2 aromatic carbocycles. The molecule has 150 valence electrons. The van der Waals surface area contributed by atoms with Crippen molar-refractivity contribution in [2.24, 2.45) is 0 Å². The van der Waals surface area contributed by atoms with Gasteiger partial charge in [0.2, 0.25) is 0 Å². The van der Waals surface area contributed by atoms with E-state index in [9.17, 15) is 8.78 Å². The van der Waals surface area contributed by atoms with Crippen LogP contribution in [-0.4, -0.2) is 9.78 Å². The number of hydrogen-bond acceptors (Lipinski definition) is 2. The Hall–Kier alpha value is -2.53. The third kappa shape index (κ3) is 3.08. The zero-order chi connectivity index (χ0) is 20.2. The Morgan fingerprint density at radius 3 is 2.59 bits per heavy atom. The van der Waals surface area contributed by atoms with Gasteiger partial charge in [-0.25, -0.2) is 13.5 Å². The third-order valence-electron chi connectivity index (χ3n) is 6.59. The molecule has 1 fully saturated rings. The largest absolute Gasteiger partial charge is 0.302 e. The molecule has 2 aliphatic carbocycles. The zero-order valence-corrected chi connectivity index (χ0v) is 16.8. The molecule has 1 heterocycles. The van der Waals surface area contributed by atoms with E-state index < -0.39 is 11.6 Å². The fraction of sp³-hybridized carbons (Fsp3) is 0.375. The van der Waals surface area contributed by atoms with Crippen LogP contribution in [0.5, 0.6) is 0 Å². The predicted molar refractivity (Wildman–Crippen MR) is 109 cm³/mol. The van der Waals surface area contributed by atoms with Crippen molar-refractivity contribution >= 4 is 0 Å². The van der Waals surface area contributed by atoms with Crippen molar-refractivity contribution in [3.05, 3.63) is 82.7 Å². The van der Waals surface area contributed by atoms with E-state index in [-0.39, 0.29) is 5.54 Å². The van der Waals surface area contributed by atoms with Gasteiger partial charge < -0.3 is 5.32 Å². The Balaban J connectivity index is 1.51. The van der Waals surface area contributed by atoms with Crippen LogP contribution in [0.1, 0.15) is 67.5 Å². The number of nitrogens with one attached hydrogen (secondary N) is 1. The summed E-state index contributed by atoms with van der Waals surface area (Å²) in [6.45, 7) is 4.93. The lowest BCUT2D eigenvalue weighted by Gasteiger charge is -2.27. The van der Waals surface area contributed by atoms with Crippen LogP contribution in [0.25, 0.3) is 5.69 Å². The molecule has 5 rings (SSSR count). The minimum Gasteiger partial charge on any atom is -0.302 e. The van der Waals surface area contributed by atoms with Gasteiger partial charge in [-0.3, -0.25) is 0 Å². The summed E-state index contributed by atoms with van der Waals surface area (Å²) in [6.07, 6.45) is 3.41. The highest BCUT2D eigenvalue weighted by atomic mass is 19.1. The van der Waals surface area contributed by atoms with Gasteiger partial charge in [-0.15, -0.1) is 0 Å². The third-order valence-corrected chi connectivity index (χ3v) is 6.59. The smallest absolute Gasteiger partial charge is 0.151 e. The van der Waals surface area contributed by atoms with E-state index in [0.717, 1.165) is 30.3 Å². The van der Waals surface area contributed by atoms with Gasteiger partial charge in [-0.2, -0.15) is 5.10 Å². The summed E-state index contributed by atoms with van der Waals surface area (Å²) in [6, 6.07) is 14.1. The molecule has 5 heteroatoms. The number of hydrogen-bond donors (Lipinski definition) is 1. The molecule has 2 bridgehead atoms. The first-order valence-corrected chi connectivity index (χ1v) is 10.3. The summed E-state index contributed by atoms with van der Waals surface area (Å²) in [5, 5.41) is 8.46. The molecule has 2 unspecified atom stereocenters. The molecule has 3 aromatic rings. The Kier molecular flexibility index (Phi) is 4.32. The quantitative estimate of drug-likeness (QED) is 0.617. The maximum absolute atomic E-state index is 14.5. The van der Waals surface area contributed by atoms with Crippen molar-refractivity contribution in [2.75, 3.05) is 0 Å². The van der Waals surface area contributed by atoms with Crippen molar-refractivity contribution in [1.82, 2.24) is 15.1 Å². The summed E-state index contributed by atoms with van der Waals surface area (Å²) >= 11 is 0. The van der Waals surface area contributed by atoms with Gasteiger partial charge in [0.05, 0.1) is 11.4 Å². The number of rotatable bonds is 5. The second-order valence-corrected chi connectivity index (χ2v) is 8.80. The lowest BCUT2D eigenvalue weighted by molar-refractivity contribution is 0.396. The van der Waals surface area contributed by atoms with E-state index in [2.05, 4.69) is 31.3 Å². The van der Waals surface area contributed by atoms with E-state index >= 15 is 0 Å². The van der Waals surface area contributed by atoms with Crippen molar-refractivity contribution in [1.29, 1.82) is 0 Å². The van der Waals surface area contributed by atoms with E-state index in [4.69, 9.17) is 5.10 Å². The van der Waals surface area contributed by atoms with Crippen molar-refractivity contribution in [3.8, 4) is 5.69 Å². The molecule has 3 nitrogen and oxygen atoms in total. The van der Waals surface area contributed by atoms with Crippen LogP contribution >= 0.6 is 0 Å². The number of aromatic nitrogens is 2. The lowest BCUT2D eigenvalue weighted by Crippen LogP contribution is -2.36. The van der Waals surface area contributed by atoms with Crippen LogP contribution in [0.15, 0.2) is 48.5 Å².